The molecule has 1 atom stereocenters. The molecule has 108 valence electrons. The number of fused-ring (bicyclic) bond motifs is 2. The van der Waals surface area contributed by atoms with E-state index in [0.29, 0.717) is 0 Å². The topological polar surface area (TPSA) is 42.7 Å². The Kier molecular flexibility index (Phi) is 3.24. The lowest BCUT2D eigenvalue weighted by molar-refractivity contribution is 0.517. The summed E-state index contributed by atoms with van der Waals surface area (Å²) in [6.45, 7) is 4.10. The lowest BCUT2D eigenvalue weighted by Crippen LogP contribution is -2.21. The van der Waals surface area contributed by atoms with Crippen LogP contribution < -0.4 is 5.32 Å². The van der Waals surface area contributed by atoms with E-state index in [1.165, 1.54) is 22.1 Å². The van der Waals surface area contributed by atoms with Gasteiger partial charge in [-0.1, -0.05) is 18.2 Å². The van der Waals surface area contributed by atoms with Crippen molar-refractivity contribution >= 4 is 21.4 Å². The number of aryl methyl sites for hydroxylation is 1. The molecule has 0 saturated carbocycles. The summed E-state index contributed by atoms with van der Waals surface area (Å²) < 4.78 is 3.62. The number of nitrogens with zero attached hydrogens (tertiary/aromatic N) is 3. The summed E-state index contributed by atoms with van der Waals surface area (Å²) in [5.41, 5.74) is 1.36. The van der Waals surface area contributed by atoms with Crippen LogP contribution in [0.2, 0.25) is 0 Å². The van der Waals surface area contributed by atoms with Crippen LogP contribution in [0, 0.1) is 0 Å². The summed E-state index contributed by atoms with van der Waals surface area (Å²) in [7, 11) is 0. The number of hydrogen-bond donors (Lipinski definition) is 1. The van der Waals surface area contributed by atoms with Crippen molar-refractivity contribution < 1.29 is 0 Å². The molecule has 0 saturated heterocycles. The zero-order valence-electron chi connectivity index (χ0n) is 12.0. The monoisotopic (exact) mass is 298 g/mol. The quantitative estimate of drug-likeness (QED) is 0.803. The Hall–Kier alpha value is -1.72. The predicted molar refractivity (Wildman–Crippen MR) is 85.4 cm³/mol. The highest BCUT2D eigenvalue weighted by molar-refractivity contribution is 7.17. The van der Waals surface area contributed by atoms with Gasteiger partial charge in [-0.05, 0) is 35.7 Å². The molecule has 3 heterocycles. The lowest BCUT2D eigenvalue weighted by atomic mass is 10.1. The maximum atomic E-state index is 4.35. The maximum absolute atomic E-state index is 4.35. The van der Waals surface area contributed by atoms with Gasteiger partial charge in [-0.15, -0.1) is 21.5 Å². The van der Waals surface area contributed by atoms with Gasteiger partial charge in [0, 0.05) is 24.2 Å². The normalized spacial score (nSPS) is 15.5. The van der Waals surface area contributed by atoms with E-state index in [-0.39, 0.29) is 6.04 Å². The van der Waals surface area contributed by atoms with E-state index in [1.54, 1.807) is 0 Å². The van der Waals surface area contributed by atoms with Crippen molar-refractivity contribution in [2.75, 3.05) is 0 Å². The van der Waals surface area contributed by atoms with Crippen molar-refractivity contribution in [2.45, 2.75) is 38.9 Å². The Bertz CT molecular complexity index is 774. The second kappa shape index (κ2) is 5.24. The largest absolute Gasteiger partial charge is 0.314 e. The summed E-state index contributed by atoms with van der Waals surface area (Å²) >= 11 is 1.81. The fourth-order valence-electron chi connectivity index (χ4n) is 3.02. The Morgan fingerprint density at radius 1 is 1.33 bits per heavy atom. The first-order valence-electron chi connectivity index (χ1n) is 7.43. The van der Waals surface area contributed by atoms with Crippen molar-refractivity contribution in [1.82, 2.24) is 20.1 Å². The second-order valence-corrected chi connectivity index (χ2v) is 6.50. The first kappa shape index (κ1) is 13.0. The fraction of sp³-hybridized carbons (Fsp3) is 0.375. The molecule has 1 unspecified atom stereocenters. The molecule has 1 aliphatic heterocycles. The summed E-state index contributed by atoms with van der Waals surface area (Å²) in [4.78, 5) is 0. The van der Waals surface area contributed by atoms with Gasteiger partial charge in [0.1, 0.15) is 11.6 Å². The third-order valence-corrected chi connectivity index (χ3v) is 5.20. The summed E-state index contributed by atoms with van der Waals surface area (Å²) in [5.74, 6) is 2.21. The van der Waals surface area contributed by atoms with Crippen LogP contribution in [0.4, 0.5) is 0 Å². The number of hydrogen-bond acceptors (Lipinski definition) is 4. The minimum absolute atomic E-state index is 0.225. The van der Waals surface area contributed by atoms with Gasteiger partial charge in [-0.2, -0.15) is 0 Å². The Balaban J connectivity index is 1.51. The van der Waals surface area contributed by atoms with E-state index in [4.69, 9.17) is 0 Å². The zero-order valence-corrected chi connectivity index (χ0v) is 12.9. The molecular formula is C16H18N4S. The van der Waals surface area contributed by atoms with Crippen LogP contribution in [0.3, 0.4) is 0 Å². The molecule has 5 heteroatoms. The standard InChI is InChI=1S/C16H18N4S/c1-11(16-19-18-15-7-4-8-20(15)16)17-9-12-10-21-14-6-3-2-5-13(12)14/h2-3,5-6,10-11,17H,4,7-9H2,1H3. The van der Waals surface area contributed by atoms with Crippen LogP contribution in [0.5, 0.6) is 0 Å². The highest BCUT2D eigenvalue weighted by Gasteiger charge is 2.21. The smallest absolute Gasteiger partial charge is 0.149 e. The fourth-order valence-corrected chi connectivity index (χ4v) is 3.98. The van der Waals surface area contributed by atoms with Gasteiger partial charge in [-0.25, -0.2) is 0 Å². The molecular weight excluding hydrogens is 280 g/mol. The number of benzene rings is 1. The number of aromatic nitrogens is 3. The third kappa shape index (κ3) is 2.26. The highest BCUT2D eigenvalue weighted by Crippen LogP contribution is 2.26. The van der Waals surface area contributed by atoms with Crippen molar-refractivity contribution in [1.29, 1.82) is 0 Å². The molecule has 0 amide bonds. The van der Waals surface area contributed by atoms with Crippen LogP contribution in [0.25, 0.3) is 10.1 Å². The molecule has 0 spiro atoms. The average Bonchev–Trinajstić information content (AvgIpc) is 3.19. The molecule has 2 aromatic heterocycles. The molecule has 21 heavy (non-hydrogen) atoms. The molecule has 1 N–H and O–H groups in total. The van der Waals surface area contributed by atoms with Gasteiger partial charge in [-0.3, -0.25) is 0 Å². The number of thiophene rings is 1. The lowest BCUT2D eigenvalue weighted by Gasteiger charge is -2.13. The molecule has 0 aliphatic carbocycles. The van der Waals surface area contributed by atoms with Crippen LogP contribution >= 0.6 is 11.3 Å². The maximum Gasteiger partial charge on any atom is 0.149 e. The summed E-state index contributed by atoms with van der Waals surface area (Å²) in [6.07, 6.45) is 2.26. The zero-order chi connectivity index (χ0) is 14.2. The van der Waals surface area contributed by atoms with E-state index >= 15 is 0 Å². The van der Waals surface area contributed by atoms with E-state index in [2.05, 4.69) is 56.7 Å². The molecule has 4 rings (SSSR count). The van der Waals surface area contributed by atoms with Crippen LogP contribution in [0.1, 0.15) is 36.6 Å². The van der Waals surface area contributed by atoms with Gasteiger partial charge in [0.25, 0.3) is 0 Å². The van der Waals surface area contributed by atoms with Gasteiger partial charge < -0.3 is 9.88 Å². The summed E-state index contributed by atoms with van der Waals surface area (Å²) in [5, 5.41) is 15.8. The van der Waals surface area contributed by atoms with Gasteiger partial charge in [0.05, 0.1) is 6.04 Å². The molecule has 4 nitrogen and oxygen atoms in total. The average molecular weight is 298 g/mol. The SMILES string of the molecule is CC(NCc1csc2ccccc12)c1nnc2n1CCC2. The van der Waals surface area contributed by atoms with Crippen LogP contribution in [-0.4, -0.2) is 14.8 Å². The van der Waals surface area contributed by atoms with Gasteiger partial charge in [0.15, 0.2) is 0 Å². The predicted octanol–water partition coefficient (Wildman–Crippen LogP) is 3.29. The minimum atomic E-state index is 0.225. The van der Waals surface area contributed by atoms with Crippen molar-refractivity contribution in [3.8, 4) is 0 Å². The minimum Gasteiger partial charge on any atom is -0.314 e. The van der Waals surface area contributed by atoms with E-state index in [9.17, 15) is 0 Å². The highest BCUT2D eigenvalue weighted by atomic mass is 32.1. The van der Waals surface area contributed by atoms with Crippen LogP contribution in [-0.2, 0) is 19.5 Å². The third-order valence-electron chi connectivity index (χ3n) is 4.19. The van der Waals surface area contributed by atoms with Gasteiger partial charge >= 0.3 is 0 Å². The Morgan fingerprint density at radius 2 is 2.24 bits per heavy atom. The summed E-state index contributed by atoms with van der Waals surface area (Å²) in [6, 6.07) is 8.80. The number of nitrogens with one attached hydrogen (secondary N) is 1. The van der Waals surface area contributed by atoms with E-state index in [1.807, 2.05) is 11.3 Å². The molecule has 0 radical (unpaired) electrons. The van der Waals surface area contributed by atoms with E-state index < -0.39 is 0 Å². The molecule has 1 aromatic carbocycles. The first-order valence-corrected chi connectivity index (χ1v) is 8.31. The molecule has 1 aliphatic rings. The number of rotatable bonds is 4. The molecule has 0 bridgehead atoms. The Morgan fingerprint density at radius 3 is 3.19 bits per heavy atom. The molecule has 0 fully saturated rings. The van der Waals surface area contributed by atoms with Crippen molar-refractivity contribution in [3.05, 3.63) is 46.9 Å². The van der Waals surface area contributed by atoms with Crippen LogP contribution in [0.15, 0.2) is 29.6 Å². The molecule has 3 aromatic rings. The van der Waals surface area contributed by atoms with E-state index in [0.717, 1.165) is 31.2 Å². The first-order chi connectivity index (χ1) is 10.3. The second-order valence-electron chi connectivity index (χ2n) is 5.59. The Labute approximate surface area is 127 Å². The van der Waals surface area contributed by atoms with Crippen molar-refractivity contribution in [3.63, 3.8) is 0 Å². The van der Waals surface area contributed by atoms with Crippen molar-refractivity contribution in [2.24, 2.45) is 0 Å². The van der Waals surface area contributed by atoms with Gasteiger partial charge in [0.2, 0.25) is 0 Å².